The van der Waals surface area contributed by atoms with E-state index >= 15 is 0 Å². The molecule has 0 atom stereocenters. The van der Waals surface area contributed by atoms with Gasteiger partial charge in [-0.1, -0.05) is 17.7 Å². The predicted octanol–water partition coefficient (Wildman–Crippen LogP) is 3.65. The summed E-state index contributed by atoms with van der Waals surface area (Å²) in [7, 11) is 0. The first-order valence-electron chi connectivity index (χ1n) is 3.48. The van der Waals surface area contributed by atoms with Crippen LogP contribution in [-0.2, 0) is 0 Å². The van der Waals surface area contributed by atoms with Gasteiger partial charge in [0.1, 0.15) is 4.60 Å². The number of halogens is 2. The highest BCUT2D eigenvalue weighted by Crippen LogP contribution is 2.22. The third-order valence-corrected chi connectivity index (χ3v) is 2.42. The lowest BCUT2D eigenvalue weighted by atomic mass is 10.2. The maximum Gasteiger partial charge on any atom is 0.106 e. The summed E-state index contributed by atoms with van der Waals surface area (Å²) >= 11 is 9.26. The van der Waals surface area contributed by atoms with Gasteiger partial charge in [0.2, 0.25) is 0 Å². The molecule has 2 rings (SSSR count). The lowest BCUT2D eigenvalue weighted by Crippen LogP contribution is -1.79. The molecule has 1 nitrogen and oxygen atoms in total. The van der Waals surface area contributed by atoms with E-state index in [2.05, 4.69) is 20.9 Å². The zero-order chi connectivity index (χ0) is 8.55. The summed E-state index contributed by atoms with van der Waals surface area (Å²) < 4.78 is 0.831. The molecular weight excluding hydrogens is 237 g/mol. The van der Waals surface area contributed by atoms with E-state index in [1.54, 1.807) is 0 Å². The van der Waals surface area contributed by atoms with Crippen molar-refractivity contribution in [2.75, 3.05) is 0 Å². The van der Waals surface area contributed by atoms with Gasteiger partial charge >= 0.3 is 0 Å². The minimum absolute atomic E-state index is 0.743. The normalized spacial score (nSPS) is 10.5. The minimum atomic E-state index is 0.743. The standard InChI is InChI=1S/C9H5BrClN/c10-9-5-4-6-7(11)2-1-3-8(6)12-9/h1-5H. The van der Waals surface area contributed by atoms with Gasteiger partial charge < -0.3 is 0 Å². The van der Waals surface area contributed by atoms with E-state index in [9.17, 15) is 0 Å². The first kappa shape index (κ1) is 8.02. The van der Waals surface area contributed by atoms with Crippen LogP contribution in [0.4, 0.5) is 0 Å². The molecule has 1 aromatic carbocycles. The molecule has 3 heteroatoms. The smallest absolute Gasteiger partial charge is 0.106 e. The average molecular weight is 243 g/mol. The molecule has 2 aromatic rings. The quantitative estimate of drug-likeness (QED) is 0.643. The first-order chi connectivity index (χ1) is 5.77. The predicted molar refractivity (Wildman–Crippen MR) is 54.5 cm³/mol. The van der Waals surface area contributed by atoms with Gasteiger partial charge in [0.15, 0.2) is 0 Å². The van der Waals surface area contributed by atoms with E-state index in [0.717, 1.165) is 20.5 Å². The number of fused-ring (bicyclic) bond motifs is 1. The van der Waals surface area contributed by atoms with Gasteiger partial charge in [0.25, 0.3) is 0 Å². The lowest BCUT2D eigenvalue weighted by Gasteiger charge is -1.98. The van der Waals surface area contributed by atoms with Crippen LogP contribution in [0.2, 0.25) is 5.02 Å². The molecule has 0 bridgehead atoms. The van der Waals surface area contributed by atoms with Crippen molar-refractivity contribution < 1.29 is 0 Å². The summed E-state index contributed by atoms with van der Waals surface area (Å²) in [6, 6.07) is 9.53. The molecule has 60 valence electrons. The second-order valence-corrected chi connectivity index (χ2v) is 3.66. The number of nitrogens with zero attached hydrogens (tertiary/aromatic N) is 1. The SMILES string of the molecule is Clc1cccc2nc(Br)ccc12. The second-order valence-electron chi connectivity index (χ2n) is 2.44. The van der Waals surface area contributed by atoms with Gasteiger partial charge in [-0.3, -0.25) is 0 Å². The van der Waals surface area contributed by atoms with Crippen molar-refractivity contribution in [3.8, 4) is 0 Å². The van der Waals surface area contributed by atoms with Crippen molar-refractivity contribution in [1.29, 1.82) is 0 Å². The molecule has 0 aliphatic carbocycles. The topological polar surface area (TPSA) is 12.9 Å². The number of rotatable bonds is 0. The van der Waals surface area contributed by atoms with Gasteiger partial charge in [-0.15, -0.1) is 0 Å². The van der Waals surface area contributed by atoms with Crippen molar-refractivity contribution in [2.24, 2.45) is 0 Å². The first-order valence-corrected chi connectivity index (χ1v) is 4.65. The minimum Gasteiger partial charge on any atom is -0.241 e. The van der Waals surface area contributed by atoms with Crippen molar-refractivity contribution in [2.45, 2.75) is 0 Å². The maximum atomic E-state index is 5.95. The molecule has 0 aliphatic heterocycles. The van der Waals surface area contributed by atoms with E-state index < -0.39 is 0 Å². The largest absolute Gasteiger partial charge is 0.241 e. The number of benzene rings is 1. The number of hydrogen-bond acceptors (Lipinski definition) is 1. The summed E-state index contributed by atoms with van der Waals surface area (Å²) in [4.78, 5) is 4.27. The second kappa shape index (κ2) is 3.04. The summed E-state index contributed by atoms with van der Waals surface area (Å²) in [6.07, 6.45) is 0. The van der Waals surface area contributed by atoms with E-state index in [1.165, 1.54) is 0 Å². The van der Waals surface area contributed by atoms with E-state index in [0.29, 0.717) is 0 Å². The Morgan fingerprint density at radius 1 is 1.17 bits per heavy atom. The summed E-state index contributed by atoms with van der Waals surface area (Å²) in [5, 5.41) is 1.73. The maximum absolute atomic E-state index is 5.95. The van der Waals surface area contributed by atoms with Crippen LogP contribution in [0.1, 0.15) is 0 Å². The molecule has 12 heavy (non-hydrogen) atoms. The van der Waals surface area contributed by atoms with Crippen molar-refractivity contribution in [3.63, 3.8) is 0 Å². The Labute approximate surface area is 83.5 Å². The molecule has 1 heterocycles. The Hall–Kier alpha value is -0.600. The Morgan fingerprint density at radius 2 is 2.00 bits per heavy atom. The van der Waals surface area contributed by atoms with Crippen LogP contribution < -0.4 is 0 Å². The molecule has 0 spiro atoms. The molecule has 0 aliphatic rings. The molecule has 0 unspecified atom stereocenters. The summed E-state index contributed by atoms with van der Waals surface area (Å²) in [6.45, 7) is 0. The molecule has 0 radical (unpaired) electrons. The number of pyridine rings is 1. The number of aromatic nitrogens is 1. The van der Waals surface area contributed by atoms with Crippen LogP contribution in [0.5, 0.6) is 0 Å². The highest BCUT2D eigenvalue weighted by Gasteiger charge is 1.98. The third-order valence-electron chi connectivity index (χ3n) is 1.64. The molecule has 0 saturated heterocycles. The summed E-state index contributed by atoms with van der Waals surface area (Å²) in [5.41, 5.74) is 0.914. The highest BCUT2D eigenvalue weighted by atomic mass is 79.9. The van der Waals surface area contributed by atoms with Crippen molar-refractivity contribution in [3.05, 3.63) is 40.0 Å². The Bertz CT molecular complexity index is 428. The van der Waals surface area contributed by atoms with Gasteiger partial charge in [-0.25, -0.2) is 4.98 Å². The van der Waals surface area contributed by atoms with E-state index in [4.69, 9.17) is 11.6 Å². The van der Waals surface area contributed by atoms with Gasteiger partial charge in [0, 0.05) is 10.4 Å². The highest BCUT2D eigenvalue weighted by molar-refractivity contribution is 9.10. The van der Waals surface area contributed by atoms with Crippen LogP contribution >= 0.6 is 27.5 Å². The number of hydrogen-bond donors (Lipinski definition) is 0. The van der Waals surface area contributed by atoms with E-state index in [-0.39, 0.29) is 0 Å². The van der Waals surface area contributed by atoms with E-state index in [1.807, 2.05) is 30.3 Å². The van der Waals surface area contributed by atoms with Crippen LogP contribution in [-0.4, -0.2) is 4.98 Å². The molecule has 0 amide bonds. The van der Waals surface area contributed by atoms with Gasteiger partial charge in [0.05, 0.1) is 5.52 Å². The molecular formula is C9H5BrClN. The zero-order valence-corrected chi connectivity index (χ0v) is 8.43. The van der Waals surface area contributed by atoms with Crippen LogP contribution in [0.15, 0.2) is 34.9 Å². The van der Waals surface area contributed by atoms with Crippen molar-refractivity contribution >= 4 is 38.4 Å². The molecule has 0 fully saturated rings. The fraction of sp³-hybridized carbons (Fsp3) is 0. The average Bonchev–Trinajstić information content (AvgIpc) is 2.04. The monoisotopic (exact) mass is 241 g/mol. The Kier molecular flexibility index (Phi) is 2.03. The molecule has 1 aromatic heterocycles. The Morgan fingerprint density at radius 3 is 2.83 bits per heavy atom. The zero-order valence-electron chi connectivity index (χ0n) is 6.09. The van der Waals surface area contributed by atoms with Crippen molar-refractivity contribution in [1.82, 2.24) is 4.98 Å². The Balaban J connectivity index is 2.86. The van der Waals surface area contributed by atoms with Crippen LogP contribution in [0.25, 0.3) is 10.9 Å². The lowest BCUT2D eigenvalue weighted by molar-refractivity contribution is 1.35. The molecule has 0 saturated carbocycles. The molecule has 0 N–H and O–H groups in total. The van der Waals surface area contributed by atoms with Crippen LogP contribution in [0, 0.1) is 0 Å². The fourth-order valence-corrected chi connectivity index (χ4v) is 1.65. The van der Waals surface area contributed by atoms with Crippen LogP contribution in [0.3, 0.4) is 0 Å². The van der Waals surface area contributed by atoms with Gasteiger partial charge in [-0.2, -0.15) is 0 Å². The fourth-order valence-electron chi connectivity index (χ4n) is 1.09. The summed E-state index contributed by atoms with van der Waals surface area (Å²) in [5.74, 6) is 0. The third kappa shape index (κ3) is 1.32. The van der Waals surface area contributed by atoms with Gasteiger partial charge in [-0.05, 0) is 40.2 Å².